The number of aryl methyl sites for hydroxylation is 3. The molecule has 4 rings (SSSR count). The predicted molar refractivity (Wildman–Crippen MR) is 114 cm³/mol. The van der Waals surface area contributed by atoms with Gasteiger partial charge in [-0.2, -0.15) is 0 Å². The van der Waals surface area contributed by atoms with Crippen molar-refractivity contribution in [2.45, 2.75) is 44.2 Å². The molecule has 0 unspecified atom stereocenters. The molecule has 3 N–H and O–H groups in total. The Kier molecular flexibility index (Phi) is 5.31. The molecule has 2 aromatic heterocycles. The molecule has 2 heterocycles. The zero-order valence-corrected chi connectivity index (χ0v) is 16.9. The lowest BCUT2D eigenvalue weighted by Crippen LogP contribution is -2.14. The van der Waals surface area contributed by atoms with Crippen LogP contribution in [0.15, 0.2) is 29.4 Å². The molecule has 1 aliphatic rings. The number of hydrogen-bond donors (Lipinski definition) is 2. The molecule has 1 aromatic carbocycles. The van der Waals surface area contributed by atoms with Crippen LogP contribution in [0.25, 0.3) is 10.2 Å². The quantitative estimate of drug-likeness (QED) is 0.490. The number of nitrogens with one attached hydrogen (secondary N) is 1. The molecular formula is C20H22N4OS2. The number of anilines is 2. The van der Waals surface area contributed by atoms with Crippen LogP contribution in [0, 0.1) is 0 Å². The Morgan fingerprint density at radius 1 is 1.30 bits per heavy atom. The largest absolute Gasteiger partial charge is 0.383 e. The van der Waals surface area contributed by atoms with Crippen LogP contribution in [0.4, 0.5) is 11.5 Å². The van der Waals surface area contributed by atoms with E-state index in [0.717, 1.165) is 35.2 Å². The van der Waals surface area contributed by atoms with E-state index in [1.54, 1.807) is 11.3 Å². The number of thiophene rings is 1. The van der Waals surface area contributed by atoms with Crippen LogP contribution in [-0.4, -0.2) is 21.6 Å². The second-order valence-electron chi connectivity index (χ2n) is 6.67. The number of amides is 1. The fourth-order valence-corrected chi connectivity index (χ4v) is 5.40. The van der Waals surface area contributed by atoms with E-state index in [2.05, 4.69) is 28.3 Å². The van der Waals surface area contributed by atoms with E-state index >= 15 is 0 Å². The van der Waals surface area contributed by atoms with Gasteiger partial charge in [0.1, 0.15) is 10.6 Å². The summed E-state index contributed by atoms with van der Waals surface area (Å²) < 4.78 is 0. The summed E-state index contributed by atoms with van der Waals surface area (Å²) in [6.45, 7) is 2.09. The summed E-state index contributed by atoms with van der Waals surface area (Å²) in [7, 11) is 0. The van der Waals surface area contributed by atoms with Crippen LogP contribution in [0.3, 0.4) is 0 Å². The number of carbonyl (C=O) groups is 1. The second-order valence-corrected chi connectivity index (χ2v) is 8.70. The maximum Gasteiger partial charge on any atom is 0.234 e. The third kappa shape index (κ3) is 3.94. The standard InChI is InChI=1S/C20H22N4OS2/c1-2-12-6-5-7-13(10-12)22-16(25)11-26-20-23-18(21)17-14-8-3-4-9-15(14)27-19(17)24-20/h5-7,10H,2-4,8-9,11H2,1H3,(H,22,25)(H2,21,23,24). The fraction of sp³-hybridized carbons (Fsp3) is 0.350. The van der Waals surface area contributed by atoms with E-state index in [9.17, 15) is 4.79 Å². The first-order chi connectivity index (χ1) is 13.1. The Labute approximate surface area is 166 Å². The summed E-state index contributed by atoms with van der Waals surface area (Å²) in [6, 6.07) is 7.91. The number of hydrogen-bond acceptors (Lipinski definition) is 6. The lowest BCUT2D eigenvalue weighted by atomic mass is 9.97. The Hall–Kier alpha value is -2.12. The molecule has 0 spiro atoms. The van der Waals surface area contributed by atoms with Crippen LogP contribution in [-0.2, 0) is 24.1 Å². The normalized spacial score (nSPS) is 13.5. The van der Waals surface area contributed by atoms with Gasteiger partial charge in [0.25, 0.3) is 0 Å². The third-order valence-corrected chi connectivity index (χ3v) is 6.81. The van der Waals surface area contributed by atoms with Crippen molar-refractivity contribution in [1.29, 1.82) is 0 Å². The minimum Gasteiger partial charge on any atom is -0.383 e. The number of thioether (sulfide) groups is 1. The van der Waals surface area contributed by atoms with Gasteiger partial charge in [-0.05, 0) is 55.4 Å². The Bertz CT molecular complexity index is 999. The molecule has 27 heavy (non-hydrogen) atoms. The third-order valence-electron chi connectivity index (χ3n) is 4.77. The maximum atomic E-state index is 12.3. The van der Waals surface area contributed by atoms with Crippen molar-refractivity contribution in [3.63, 3.8) is 0 Å². The zero-order chi connectivity index (χ0) is 18.8. The minimum atomic E-state index is -0.0685. The van der Waals surface area contributed by atoms with Gasteiger partial charge in [0.15, 0.2) is 5.16 Å². The SMILES string of the molecule is CCc1cccc(NC(=O)CSc2nc(N)c3c4c(sc3n2)CCCC4)c1. The van der Waals surface area contributed by atoms with E-state index < -0.39 is 0 Å². The molecule has 0 fully saturated rings. The average Bonchev–Trinajstić information content (AvgIpc) is 3.05. The Morgan fingerprint density at radius 3 is 3.00 bits per heavy atom. The highest BCUT2D eigenvalue weighted by Crippen LogP contribution is 2.38. The van der Waals surface area contributed by atoms with Crippen LogP contribution in [0.2, 0.25) is 0 Å². The smallest absolute Gasteiger partial charge is 0.234 e. The van der Waals surface area contributed by atoms with Crippen molar-refractivity contribution < 1.29 is 4.79 Å². The molecule has 0 saturated heterocycles. The van der Waals surface area contributed by atoms with Gasteiger partial charge in [0.2, 0.25) is 5.91 Å². The highest BCUT2D eigenvalue weighted by Gasteiger charge is 2.20. The Balaban J connectivity index is 1.46. The molecule has 3 aromatic rings. The van der Waals surface area contributed by atoms with E-state index in [4.69, 9.17) is 5.73 Å². The molecule has 0 aliphatic heterocycles. The Morgan fingerprint density at radius 2 is 2.15 bits per heavy atom. The minimum absolute atomic E-state index is 0.0685. The monoisotopic (exact) mass is 398 g/mol. The second kappa shape index (κ2) is 7.86. The van der Waals surface area contributed by atoms with Gasteiger partial charge in [-0.25, -0.2) is 9.97 Å². The number of nitrogens with two attached hydrogens (primary N) is 1. The lowest BCUT2D eigenvalue weighted by Gasteiger charge is -2.10. The van der Waals surface area contributed by atoms with Gasteiger partial charge in [0.05, 0.1) is 11.1 Å². The first-order valence-corrected chi connectivity index (χ1v) is 11.0. The lowest BCUT2D eigenvalue weighted by molar-refractivity contribution is -0.113. The number of aromatic nitrogens is 2. The number of nitrogens with zero attached hydrogens (tertiary/aromatic N) is 2. The molecule has 0 saturated carbocycles. The zero-order valence-electron chi connectivity index (χ0n) is 15.2. The average molecular weight is 399 g/mol. The van der Waals surface area contributed by atoms with Crippen molar-refractivity contribution >= 4 is 50.7 Å². The van der Waals surface area contributed by atoms with Crippen molar-refractivity contribution in [2.75, 3.05) is 16.8 Å². The molecule has 0 atom stereocenters. The summed E-state index contributed by atoms with van der Waals surface area (Å²) in [5, 5.41) is 4.53. The van der Waals surface area contributed by atoms with Crippen LogP contribution >= 0.6 is 23.1 Å². The van der Waals surface area contributed by atoms with Crippen molar-refractivity contribution in [3.8, 4) is 0 Å². The van der Waals surface area contributed by atoms with Crippen LogP contribution in [0.5, 0.6) is 0 Å². The van der Waals surface area contributed by atoms with E-state index in [1.165, 1.54) is 40.6 Å². The number of fused-ring (bicyclic) bond motifs is 3. The van der Waals surface area contributed by atoms with Crippen molar-refractivity contribution in [2.24, 2.45) is 0 Å². The molecule has 0 radical (unpaired) electrons. The van der Waals surface area contributed by atoms with Gasteiger partial charge in [-0.15, -0.1) is 11.3 Å². The molecule has 140 valence electrons. The summed E-state index contributed by atoms with van der Waals surface area (Å²) >= 11 is 3.05. The van der Waals surface area contributed by atoms with Crippen LogP contribution < -0.4 is 11.1 Å². The molecular weight excluding hydrogens is 376 g/mol. The number of rotatable bonds is 5. The van der Waals surface area contributed by atoms with Gasteiger partial charge in [-0.3, -0.25) is 4.79 Å². The molecule has 0 bridgehead atoms. The summed E-state index contributed by atoms with van der Waals surface area (Å²) in [4.78, 5) is 23.7. The first-order valence-electron chi connectivity index (χ1n) is 9.23. The summed E-state index contributed by atoms with van der Waals surface area (Å²) in [6.07, 6.45) is 5.55. The first kappa shape index (κ1) is 18.3. The molecule has 1 amide bonds. The van der Waals surface area contributed by atoms with Gasteiger partial charge in [-0.1, -0.05) is 30.8 Å². The summed E-state index contributed by atoms with van der Waals surface area (Å²) in [5.74, 6) is 0.728. The van der Waals surface area contributed by atoms with Crippen LogP contribution in [0.1, 0.15) is 35.8 Å². The topological polar surface area (TPSA) is 80.9 Å². The van der Waals surface area contributed by atoms with E-state index in [-0.39, 0.29) is 11.7 Å². The highest BCUT2D eigenvalue weighted by atomic mass is 32.2. The van der Waals surface area contributed by atoms with E-state index in [0.29, 0.717) is 11.0 Å². The van der Waals surface area contributed by atoms with Gasteiger partial charge in [0, 0.05) is 10.6 Å². The fourth-order valence-electron chi connectivity index (χ4n) is 3.43. The molecule has 5 nitrogen and oxygen atoms in total. The summed E-state index contributed by atoms with van der Waals surface area (Å²) in [5.41, 5.74) is 9.58. The number of carbonyl (C=O) groups excluding carboxylic acids is 1. The van der Waals surface area contributed by atoms with Gasteiger partial charge >= 0.3 is 0 Å². The molecule has 1 aliphatic carbocycles. The van der Waals surface area contributed by atoms with Crippen molar-refractivity contribution in [1.82, 2.24) is 9.97 Å². The number of nitrogen functional groups attached to an aromatic ring is 1. The predicted octanol–water partition coefficient (Wildman–Crippen LogP) is 4.45. The van der Waals surface area contributed by atoms with Gasteiger partial charge < -0.3 is 11.1 Å². The number of benzene rings is 1. The maximum absolute atomic E-state index is 12.3. The molecule has 7 heteroatoms. The highest BCUT2D eigenvalue weighted by molar-refractivity contribution is 7.99. The van der Waals surface area contributed by atoms with Crippen molar-refractivity contribution in [3.05, 3.63) is 40.3 Å². The van der Waals surface area contributed by atoms with E-state index in [1.807, 2.05) is 18.2 Å².